The maximum atomic E-state index is 12.7. The highest BCUT2D eigenvalue weighted by Crippen LogP contribution is 2.37. The second-order valence-corrected chi connectivity index (χ2v) is 6.94. The lowest BCUT2D eigenvalue weighted by atomic mass is 10.3. The predicted octanol–water partition coefficient (Wildman–Crippen LogP) is 2.51. The number of rotatable bonds is 5. The molecule has 1 N–H and O–H groups in total. The van der Waals surface area contributed by atoms with Crippen LogP contribution in [0.5, 0.6) is 11.5 Å². The average molecular weight is 360 g/mol. The van der Waals surface area contributed by atoms with Crippen molar-refractivity contribution in [2.24, 2.45) is 7.05 Å². The summed E-state index contributed by atoms with van der Waals surface area (Å²) in [6, 6.07) is 2.96. The van der Waals surface area contributed by atoms with E-state index in [4.69, 9.17) is 21.1 Å². The van der Waals surface area contributed by atoms with Crippen molar-refractivity contribution in [3.05, 3.63) is 28.5 Å². The van der Waals surface area contributed by atoms with Gasteiger partial charge in [-0.15, -0.1) is 0 Å². The summed E-state index contributed by atoms with van der Waals surface area (Å²) in [6.07, 6.45) is 0. The van der Waals surface area contributed by atoms with Gasteiger partial charge in [-0.1, -0.05) is 11.6 Å². The monoisotopic (exact) mass is 359 g/mol. The maximum Gasteiger partial charge on any atom is 0.265 e. The lowest BCUT2D eigenvalue weighted by molar-refractivity contribution is 0.396. The minimum atomic E-state index is -3.84. The van der Waals surface area contributed by atoms with Crippen molar-refractivity contribution >= 4 is 27.3 Å². The fourth-order valence-electron chi connectivity index (χ4n) is 2.28. The highest BCUT2D eigenvalue weighted by Gasteiger charge is 2.25. The Morgan fingerprint density at radius 2 is 1.78 bits per heavy atom. The third-order valence-electron chi connectivity index (χ3n) is 3.43. The van der Waals surface area contributed by atoms with Crippen molar-refractivity contribution < 1.29 is 17.9 Å². The molecule has 0 fully saturated rings. The zero-order valence-corrected chi connectivity index (χ0v) is 15.0. The quantitative estimate of drug-likeness (QED) is 0.886. The first-order valence-corrected chi connectivity index (χ1v) is 8.52. The Labute approximate surface area is 140 Å². The fraction of sp³-hybridized carbons (Fsp3) is 0.357. The third-order valence-corrected chi connectivity index (χ3v) is 5.34. The normalized spacial score (nSPS) is 11.4. The number of hydrogen-bond acceptors (Lipinski definition) is 5. The van der Waals surface area contributed by atoms with Gasteiger partial charge in [-0.2, -0.15) is 5.10 Å². The molecule has 0 aliphatic carbocycles. The maximum absolute atomic E-state index is 12.7. The van der Waals surface area contributed by atoms with E-state index in [0.29, 0.717) is 22.9 Å². The molecule has 1 aromatic carbocycles. The van der Waals surface area contributed by atoms with E-state index >= 15 is 0 Å². The molecule has 0 radical (unpaired) electrons. The summed E-state index contributed by atoms with van der Waals surface area (Å²) >= 11 is 6.07. The van der Waals surface area contributed by atoms with Gasteiger partial charge in [0.25, 0.3) is 10.0 Å². The van der Waals surface area contributed by atoms with Gasteiger partial charge in [0.1, 0.15) is 16.4 Å². The smallest absolute Gasteiger partial charge is 0.265 e. The lowest BCUT2D eigenvalue weighted by Gasteiger charge is -2.14. The molecule has 126 valence electrons. The van der Waals surface area contributed by atoms with Crippen LogP contribution in [-0.2, 0) is 17.1 Å². The van der Waals surface area contributed by atoms with Crippen LogP contribution in [0.1, 0.15) is 11.4 Å². The van der Waals surface area contributed by atoms with Crippen LogP contribution in [0.25, 0.3) is 0 Å². The summed E-state index contributed by atoms with van der Waals surface area (Å²) in [4.78, 5) is 0.133. The van der Waals surface area contributed by atoms with Crippen molar-refractivity contribution in [1.29, 1.82) is 0 Å². The van der Waals surface area contributed by atoms with E-state index in [2.05, 4.69) is 9.82 Å². The summed E-state index contributed by atoms with van der Waals surface area (Å²) in [5, 5.41) is 4.40. The first-order chi connectivity index (χ1) is 10.7. The van der Waals surface area contributed by atoms with E-state index in [-0.39, 0.29) is 15.6 Å². The van der Waals surface area contributed by atoms with Crippen molar-refractivity contribution in [2.75, 3.05) is 18.9 Å². The molecule has 1 heterocycles. The summed E-state index contributed by atoms with van der Waals surface area (Å²) in [5.74, 6) is 0.689. The van der Waals surface area contributed by atoms with Gasteiger partial charge in [-0.05, 0) is 19.9 Å². The van der Waals surface area contributed by atoms with Crippen molar-refractivity contribution in [3.63, 3.8) is 0 Å². The lowest BCUT2D eigenvalue weighted by Crippen LogP contribution is -2.15. The number of nitrogens with zero attached hydrogens (tertiary/aromatic N) is 2. The molecule has 0 saturated heterocycles. The Bertz CT molecular complexity index is 846. The molecule has 1 aromatic heterocycles. The fourth-order valence-corrected chi connectivity index (χ4v) is 4.02. The number of sulfonamides is 1. The van der Waals surface area contributed by atoms with Crippen LogP contribution in [0.3, 0.4) is 0 Å². The molecule has 0 aliphatic rings. The number of methoxy groups -OCH3 is 2. The van der Waals surface area contributed by atoms with Gasteiger partial charge in [0.2, 0.25) is 0 Å². The zero-order chi connectivity index (χ0) is 17.4. The minimum absolute atomic E-state index is 0.133. The van der Waals surface area contributed by atoms with E-state index in [1.54, 1.807) is 20.9 Å². The first-order valence-electron chi connectivity index (χ1n) is 6.65. The molecule has 0 atom stereocenters. The summed E-state index contributed by atoms with van der Waals surface area (Å²) < 4.78 is 39.7. The molecule has 0 amide bonds. The Balaban J connectivity index is 2.51. The van der Waals surface area contributed by atoms with Gasteiger partial charge >= 0.3 is 0 Å². The minimum Gasteiger partial charge on any atom is -0.495 e. The van der Waals surface area contributed by atoms with Gasteiger partial charge in [0.15, 0.2) is 0 Å². The van der Waals surface area contributed by atoms with Crippen LogP contribution in [0.15, 0.2) is 17.0 Å². The van der Waals surface area contributed by atoms with E-state index in [1.807, 2.05) is 0 Å². The molecule has 0 spiro atoms. The highest BCUT2D eigenvalue weighted by molar-refractivity contribution is 7.92. The number of anilines is 1. The molecule has 0 saturated carbocycles. The molecular weight excluding hydrogens is 342 g/mol. The molecule has 2 rings (SSSR count). The average Bonchev–Trinajstić information content (AvgIpc) is 2.72. The second-order valence-electron chi connectivity index (χ2n) is 4.92. The number of benzene rings is 1. The van der Waals surface area contributed by atoms with Crippen LogP contribution in [0.2, 0.25) is 5.02 Å². The van der Waals surface area contributed by atoms with E-state index in [0.717, 1.165) is 0 Å². The molecule has 7 nitrogen and oxygen atoms in total. The standard InChI is InChI=1S/C14H18ClN3O4S/c1-8-14(9(2)18(3)16-8)23(19,20)17-11-6-10(15)12(21-4)7-13(11)22-5/h6-7,17H,1-5H3. The van der Waals surface area contributed by atoms with E-state index < -0.39 is 10.0 Å². The predicted molar refractivity (Wildman–Crippen MR) is 88.0 cm³/mol. The number of nitrogens with one attached hydrogen (secondary N) is 1. The number of hydrogen-bond donors (Lipinski definition) is 1. The highest BCUT2D eigenvalue weighted by atomic mass is 35.5. The molecule has 0 unspecified atom stereocenters. The van der Waals surface area contributed by atoms with Crippen molar-refractivity contribution in [1.82, 2.24) is 9.78 Å². The van der Waals surface area contributed by atoms with Crippen molar-refractivity contribution in [2.45, 2.75) is 18.7 Å². The third kappa shape index (κ3) is 3.23. The molecule has 2 aromatic rings. The molecule has 0 bridgehead atoms. The van der Waals surface area contributed by atoms with Gasteiger partial charge in [-0.3, -0.25) is 9.40 Å². The van der Waals surface area contributed by atoms with Crippen LogP contribution < -0.4 is 14.2 Å². The van der Waals surface area contributed by atoms with E-state index in [9.17, 15) is 8.42 Å². The van der Waals surface area contributed by atoms with Gasteiger partial charge in [0, 0.05) is 13.1 Å². The summed E-state index contributed by atoms with van der Waals surface area (Å²) in [7, 11) is 0.748. The Morgan fingerprint density at radius 3 is 2.26 bits per heavy atom. The van der Waals surface area contributed by atoms with Gasteiger partial charge in [-0.25, -0.2) is 8.42 Å². The molecule has 9 heteroatoms. The molecular formula is C14H18ClN3O4S. The van der Waals surface area contributed by atoms with Crippen LogP contribution >= 0.6 is 11.6 Å². The SMILES string of the molecule is COc1cc(OC)c(NS(=O)(=O)c2c(C)nn(C)c2C)cc1Cl. The summed E-state index contributed by atoms with van der Waals surface area (Å²) in [5.41, 5.74) is 1.17. The van der Waals surface area contributed by atoms with Gasteiger partial charge in [0.05, 0.1) is 36.3 Å². The number of aryl methyl sites for hydroxylation is 2. The number of aromatic nitrogens is 2. The number of halogens is 1. The van der Waals surface area contributed by atoms with Crippen LogP contribution in [0, 0.1) is 13.8 Å². The topological polar surface area (TPSA) is 82.4 Å². The second kappa shape index (κ2) is 6.29. The summed E-state index contributed by atoms with van der Waals surface area (Å²) in [6.45, 7) is 3.33. The zero-order valence-electron chi connectivity index (χ0n) is 13.5. The first kappa shape index (κ1) is 17.4. The molecule has 23 heavy (non-hydrogen) atoms. The Morgan fingerprint density at radius 1 is 1.17 bits per heavy atom. The van der Waals surface area contributed by atoms with Crippen LogP contribution in [0.4, 0.5) is 5.69 Å². The van der Waals surface area contributed by atoms with Crippen molar-refractivity contribution in [3.8, 4) is 11.5 Å². The Kier molecular flexibility index (Phi) is 4.76. The molecule has 0 aliphatic heterocycles. The Hall–Kier alpha value is -1.93. The largest absolute Gasteiger partial charge is 0.495 e. The van der Waals surface area contributed by atoms with E-state index in [1.165, 1.54) is 31.0 Å². The van der Waals surface area contributed by atoms with Crippen LogP contribution in [-0.4, -0.2) is 32.4 Å². The van der Waals surface area contributed by atoms with Gasteiger partial charge < -0.3 is 9.47 Å². The number of ether oxygens (including phenoxy) is 2.